The van der Waals surface area contributed by atoms with Gasteiger partial charge in [-0.15, -0.1) is 0 Å². The normalized spacial score (nSPS) is 14.8. The maximum atomic E-state index is 11.1. The molecule has 0 radical (unpaired) electrons. The van der Waals surface area contributed by atoms with Gasteiger partial charge in [-0.05, 0) is 20.3 Å². The lowest BCUT2D eigenvalue weighted by atomic mass is 10.3. The van der Waals surface area contributed by atoms with Gasteiger partial charge in [0.05, 0.1) is 6.17 Å². The van der Waals surface area contributed by atoms with Crippen LogP contribution in [0.2, 0.25) is 0 Å². The number of rotatable bonds is 5. The lowest BCUT2D eigenvalue weighted by molar-refractivity contribution is -0.146. The number of nitrogens with two attached hydrogens (primary N) is 1. The molecule has 3 N–H and O–H groups in total. The molecule has 4 heteroatoms. The Balaban J connectivity index is 3.97. The van der Waals surface area contributed by atoms with Crippen molar-refractivity contribution in [1.29, 1.82) is 0 Å². The van der Waals surface area contributed by atoms with Gasteiger partial charge < -0.3 is 10.5 Å². The zero-order valence-corrected chi connectivity index (χ0v) is 8.46. The second-order valence-corrected chi connectivity index (χ2v) is 3.04. The van der Waals surface area contributed by atoms with Gasteiger partial charge in [0, 0.05) is 5.57 Å². The number of ether oxygens (including phenoxy) is 1. The Bertz CT molecular complexity index is 190. The van der Waals surface area contributed by atoms with Gasteiger partial charge in [-0.25, -0.2) is 4.79 Å². The topological polar surface area (TPSA) is 64.3 Å². The molecule has 13 heavy (non-hydrogen) atoms. The Morgan fingerprint density at radius 1 is 1.69 bits per heavy atom. The van der Waals surface area contributed by atoms with Crippen molar-refractivity contribution in [2.75, 3.05) is 0 Å². The first kappa shape index (κ1) is 12.1. The average molecular weight is 186 g/mol. The van der Waals surface area contributed by atoms with E-state index in [2.05, 4.69) is 11.9 Å². The van der Waals surface area contributed by atoms with Crippen LogP contribution in [0.15, 0.2) is 12.2 Å². The van der Waals surface area contributed by atoms with Crippen molar-refractivity contribution in [3.63, 3.8) is 0 Å². The van der Waals surface area contributed by atoms with E-state index in [0.29, 0.717) is 12.0 Å². The van der Waals surface area contributed by atoms with E-state index >= 15 is 0 Å². The van der Waals surface area contributed by atoms with Crippen molar-refractivity contribution in [1.82, 2.24) is 5.32 Å². The molecule has 0 heterocycles. The van der Waals surface area contributed by atoms with Crippen molar-refractivity contribution in [2.24, 2.45) is 5.73 Å². The molecule has 0 aliphatic rings. The first-order valence-electron chi connectivity index (χ1n) is 4.35. The second kappa shape index (κ2) is 5.72. The fourth-order valence-electron chi connectivity index (χ4n) is 0.758. The molecule has 0 aliphatic heterocycles. The molecule has 4 nitrogen and oxygen atoms in total. The predicted octanol–water partition coefficient (Wildman–Crippen LogP) is 0.736. The zero-order chi connectivity index (χ0) is 10.4. The Morgan fingerprint density at radius 2 is 2.23 bits per heavy atom. The summed E-state index contributed by atoms with van der Waals surface area (Å²) in [5.41, 5.74) is 5.89. The highest BCUT2D eigenvalue weighted by Gasteiger charge is 2.13. The van der Waals surface area contributed by atoms with Gasteiger partial charge in [0.15, 0.2) is 6.23 Å². The smallest absolute Gasteiger partial charge is 0.334 e. The van der Waals surface area contributed by atoms with Gasteiger partial charge in [0.2, 0.25) is 0 Å². The molecule has 0 aliphatic carbocycles. The Morgan fingerprint density at radius 3 is 2.54 bits per heavy atom. The number of nitrogens with one attached hydrogen (secondary N) is 1. The third-order valence-corrected chi connectivity index (χ3v) is 1.42. The van der Waals surface area contributed by atoms with Gasteiger partial charge in [0.1, 0.15) is 0 Å². The van der Waals surface area contributed by atoms with Crippen LogP contribution >= 0.6 is 0 Å². The van der Waals surface area contributed by atoms with Crippen molar-refractivity contribution < 1.29 is 9.53 Å². The number of carbonyl (C=O) groups excluding carboxylic acids is 1. The molecule has 2 unspecified atom stereocenters. The average Bonchev–Trinajstić information content (AvgIpc) is 2.02. The summed E-state index contributed by atoms with van der Waals surface area (Å²) < 4.78 is 5.04. The maximum absolute atomic E-state index is 11.1. The summed E-state index contributed by atoms with van der Waals surface area (Å²) in [6.45, 7) is 8.80. The molecule has 0 saturated heterocycles. The van der Waals surface area contributed by atoms with Gasteiger partial charge >= 0.3 is 5.97 Å². The highest BCUT2D eigenvalue weighted by molar-refractivity contribution is 5.87. The van der Waals surface area contributed by atoms with Gasteiger partial charge in [0.25, 0.3) is 0 Å². The van der Waals surface area contributed by atoms with Crippen molar-refractivity contribution in [3.05, 3.63) is 12.2 Å². The van der Waals surface area contributed by atoms with E-state index in [-0.39, 0.29) is 18.4 Å². The first-order chi connectivity index (χ1) is 5.97. The minimum Gasteiger partial charge on any atom is -0.443 e. The summed E-state index contributed by atoms with van der Waals surface area (Å²) in [6, 6.07) is 0. The summed E-state index contributed by atoms with van der Waals surface area (Å²) in [5.74, 6) is -0.389. The van der Waals surface area contributed by atoms with E-state index in [4.69, 9.17) is 10.5 Å². The molecular weight excluding hydrogens is 168 g/mol. The van der Waals surface area contributed by atoms with Crippen LogP contribution in [0.25, 0.3) is 0 Å². The first-order valence-corrected chi connectivity index (χ1v) is 4.35. The van der Waals surface area contributed by atoms with Crippen molar-refractivity contribution >= 4 is 5.97 Å². The number of hydrogen-bond donors (Lipinski definition) is 2. The van der Waals surface area contributed by atoms with Crippen LogP contribution in [0.1, 0.15) is 27.2 Å². The number of carbonyl (C=O) groups is 1. The molecule has 0 aromatic heterocycles. The Kier molecular flexibility index (Phi) is 5.34. The Hall–Kier alpha value is -0.870. The van der Waals surface area contributed by atoms with E-state index in [1.807, 2.05) is 6.92 Å². The van der Waals surface area contributed by atoms with E-state index < -0.39 is 0 Å². The molecule has 0 fully saturated rings. The third kappa shape index (κ3) is 5.38. The SMILES string of the molecule is C=C(C)C(=O)OC(CC)NC(C)N. The van der Waals surface area contributed by atoms with Crippen LogP contribution in [0, 0.1) is 0 Å². The maximum Gasteiger partial charge on any atom is 0.334 e. The molecule has 0 aromatic rings. The minimum absolute atomic E-state index is 0.192. The standard InChI is InChI=1S/C9H18N2O2/c1-5-8(11-7(4)10)13-9(12)6(2)3/h7-8,11H,2,5,10H2,1,3-4H3. The Labute approximate surface area is 79.1 Å². The van der Waals surface area contributed by atoms with Crippen LogP contribution in [-0.4, -0.2) is 18.4 Å². The van der Waals surface area contributed by atoms with Crippen molar-refractivity contribution in [2.45, 2.75) is 39.6 Å². The highest BCUT2D eigenvalue weighted by Crippen LogP contribution is 1.99. The lowest BCUT2D eigenvalue weighted by Gasteiger charge is -2.19. The van der Waals surface area contributed by atoms with Gasteiger partial charge in [-0.3, -0.25) is 5.32 Å². The quantitative estimate of drug-likeness (QED) is 0.377. The van der Waals surface area contributed by atoms with Gasteiger partial charge in [-0.1, -0.05) is 13.5 Å². The summed E-state index contributed by atoms with van der Waals surface area (Å²) in [4.78, 5) is 11.1. The van der Waals surface area contributed by atoms with Crippen LogP contribution in [0.5, 0.6) is 0 Å². The summed E-state index contributed by atoms with van der Waals surface area (Å²) in [6.07, 6.45) is 0.160. The van der Waals surface area contributed by atoms with Crippen molar-refractivity contribution in [3.8, 4) is 0 Å². The van der Waals surface area contributed by atoms with Crippen LogP contribution in [-0.2, 0) is 9.53 Å². The zero-order valence-electron chi connectivity index (χ0n) is 8.46. The largest absolute Gasteiger partial charge is 0.443 e. The van der Waals surface area contributed by atoms with Crippen LogP contribution in [0.3, 0.4) is 0 Å². The molecule has 0 aromatic carbocycles. The summed E-state index contributed by atoms with van der Waals surface area (Å²) in [7, 11) is 0. The monoisotopic (exact) mass is 186 g/mol. The number of esters is 1. The summed E-state index contributed by atoms with van der Waals surface area (Å²) in [5, 5.41) is 2.91. The number of hydrogen-bond acceptors (Lipinski definition) is 4. The molecule has 0 saturated carbocycles. The minimum atomic E-state index is -0.389. The second-order valence-electron chi connectivity index (χ2n) is 3.04. The van der Waals surface area contributed by atoms with E-state index in [9.17, 15) is 4.79 Å². The molecular formula is C9H18N2O2. The molecule has 0 spiro atoms. The molecule has 76 valence electrons. The van der Waals surface area contributed by atoms with Gasteiger partial charge in [-0.2, -0.15) is 0 Å². The lowest BCUT2D eigenvalue weighted by Crippen LogP contribution is -2.44. The molecule has 2 atom stereocenters. The van der Waals surface area contributed by atoms with Crippen LogP contribution in [0.4, 0.5) is 0 Å². The molecule has 0 amide bonds. The van der Waals surface area contributed by atoms with Crippen LogP contribution < -0.4 is 11.1 Å². The van der Waals surface area contributed by atoms with E-state index in [0.717, 1.165) is 0 Å². The third-order valence-electron chi connectivity index (χ3n) is 1.42. The molecule has 0 bridgehead atoms. The fraction of sp³-hybridized carbons (Fsp3) is 0.667. The van der Waals surface area contributed by atoms with E-state index in [1.165, 1.54) is 0 Å². The molecule has 0 rings (SSSR count). The fourth-order valence-corrected chi connectivity index (χ4v) is 0.758. The summed E-state index contributed by atoms with van der Waals surface area (Å²) >= 11 is 0. The predicted molar refractivity (Wildman–Crippen MR) is 51.8 cm³/mol. The van der Waals surface area contributed by atoms with E-state index in [1.54, 1.807) is 13.8 Å². The highest BCUT2D eigenvalue weighted by atomic mass is 16.6.